The molecule has 1 saturated carbocycles. The van der Waals surface area contributed by atoms with Crippen molar-refractivity contribution in [1.82, 2.24) is 4.90 Å². The monoisotopic (exact) mass is 198 g/mol. The molecule has 2 rings (SSSR count). The topological polar surface area (TPSA) is 55.6 Å². The van der Waals surface area contributed by atoms with Crippen molar-refractivity contribution in [3.05, 3.63) is 0 Å². The predicted octanol–water partition coefficient (Wildman–Crippen LogP) is 0.955. The van der Waals surface area contributed by atoms with E-state index in [1.54, 1.807) is 0 Å². The SMILES string of the molecule is CC1(C)C(N)CC1N1CCCOC1=O. The van der Waals surface area contributed by atoms with Crippen LogP contribution in [0.2, 0.25) is 0 Å². The van der Waals surface area contributed by atoms with Crippen LogP contribution in [0.15, 0.2) is 0 Å². The van der Waals surface area contributed by atoms with Gasteiger partial charge in [0.2, 0.25) is 0 Å². The Hall–Kier alpha value is -0.770. The Balaban J connectivity index is 2.05. The van der Waals surface area contributed by atoms with Crippen LogP contribution < -0.4 is 5.73 Å². The van der Waals surface area contributed by atoms with Crippen molar-refractivity contribution in [3.8, 4) is 0 Å². The summed E-state index contributed by atoms with van der Waals surface area (Å²) in [6.45, 7) is 5.62. The summed E-state index contributed by atoms with van der Waals surface area (Å²) in [4.78, 5) is 13.3. The van der Waals surface area contributed by atoms with E-state index in [1.807, 2.05) is 4.90 Å². The second-order valence-corrected chi connectivity index (χ2v) is 4.84. The zero-order valence-electron chi connectivity index (χ0n) is 8.82. The molecule has 1 aliphatic heterocycles. The van der Waals surface area contributed by atoms with Gasteiger partial charge in [0.15, 0.2) is 0 Å². The zero-order valence-corrected chi connectivity index (χ0v) is 8.82. The molecule has 0 aromatic rings. The predicted molar refractivity (Wildman–Crippen MR) is 52.8 cm³/mol. The van der Waals surface area contributed by atoms with Gasteiger partial charge in [-0.3, -0.25) is 0 Å². The van der Waals surface area contributed by atoms with Crippen molar-refractivity contribution in [2.24, 2.45) is 11.1 Å². The third-order valence-corrected chi connectivity index (χ3v) is 3.67. The molecule has 1 heterocycles. The minimum atomic E-state index is -0.166. The Kier molecular flexibility index (Phi) is 2.18. The Labute approximate surface area is 84.4 Å². The van der Waals surface area contributed by atoms with Gasteiger partial charge < -0.3 is 15.4 Å². The minimum absolute atomic E-state index is 0.0381. The molecule has 2 N–H and O–H groups in total. The molecule has 4 heteroatoms. The van der Waals surface area contributed by atoms with E-state index in [-0.39, 0.29) is 23.6 Å². The van der Waals surface area contributed by atoms with Crippen LogP contribution in [0, 0.1) is 5.41 Å². The maximum atomic E-state index is 11.5. The van der Waals surface area contributed by atoms with Gasteiger partial charge in [0.25, 0.3) is 0 Å². The van der Waals surface area contributed by atoms with Crippen LogP contribution in [0.3, 0.4) is 0 Å². The summed E-state index contributed by atoms with van der Waals surface area (Å²) in [5, 5.41) is 0. The number of hydrogen-bond donors (Lipinski definition) is 1. The third-order valence-electron chi connectivity index (χ3n) is 3.67. The van der Waals surface area contributed by atoms with Crippen LogP contribution >= 0.6 is 0 Å². The summed E-state index contributed by atoms with van der Waals surface area (Å²) in [6, 6.07) is 0.479. The summed E-state index contributed by atoms with van der Waals surface area (Å²) < 4.78 is 5.02. The van der Waals surface area contributed by atoms with Gasteiger partial charge in [-0.05, 0) is 12.8 Å². The maximum absolute atomic E-state index is 11.5. The van der Waals surface area contributed by atoms with Crippen LogP contribution in [-0.2, 0) is 4.74 Å². The number of amides is 1. The van der Waals surface area contributed by atoms with Crippen LogP contribution in [0.25, 0.3) is 0 Å². The number of hydrogen-bond acceptors (Lipinski definition) is 3. The number of carbonyl (C=O) groups is 1. The van der Waals surface area contributed by atoms with Crippen LogP contribution in [0.4, 0.5) is 4.79 Å². The van der Waals surface area contributed by atoms with Crippen LogP contribution in [0.1, 0.15) is 26.7 Å². The Bertz CT molecular complexity index is 253. The van der Waals surface area contributed by atoms with E-state index in [0.29, 0.717) is 6.61 Å². The van der Waals surface area contributed by atoms with Crippen molar-refractivity contribution in [2.75, 3.05) is 13.2 Å². The number of cyclic esters (lactones) is 1. The van der Waals surface area contributed by atoms with Gasteiger partial charge in [0, 0.05) is 24.0 Å². The molecule has 2 aliphatic rings. The lowest BCUT2D eigenvalue weighted by Crippen LogP contribution is -2.66. The molecule has 1 aliphatic carbocycles. The zero-order chi connectivity index (χ0) is 10.3. The average Bonchev–Trinajstić information content (AvgIpc) is 2.16. The number of rotatable bonds is 1. The molecule has 1 amide bonds. The molecule has 2 fully saturated rings. The lowest BCUT2D eigenvalue weighted by atomic mass is 9.62. The van der Waals surface area contributed by atoms with Crippen molar-refractivity contribution >= 4 is 6.09 Å². The number of ether oxygens (including phenoxy) is 1. The molecule has 0 aromatic heterocycles. The van der Waals surface area contributed by atoms with Crippen molar-refractivity contribution in [2.45, 2.75) is 38.8 Å². The molecule has 0 aromatic carbocycles. The summed E-state index contributed by atoms with van der Waals surface area (Å²) >= 11 is 0. The highest BCUT2D eigenvalue weighted by atomic mass is 16.6. The molecule has 14 heavy (non-hydrogen) atoms. The molecule has 4 nitrogen and oxygen atoms in total. The fraction of sp³-hybridized carbons (Fsp3) is 0.900. The maximum Gasteiger partial charge on any atom is 0.410 e. The van der Waals surface area contributed by atoms with E-state index in [1.165, 1.54) is 0 Å². The first-order chi connectivity index (χ1) is 6.53. The molecule has 0 radical (unpaired) electrons. The fourth-order valence-corrected chi connectivity index (χ4v) is 2.32. The fourth-order valence-electron chi connectivity index (χ4n) is 2.32. The Morgan fingerprint density at radius 3 is 2.79 bits per heavy atom. The first-order valence-electron chi connectivity index (χ1n) is 5.22. The molecule has 0 spiro atoms. The first kappa shape index (κ1) is 9.77. The Morgan fingerprint density at radius 2 is 2.29 bits per heavy atom. The summed E-state index contributed by atoms with van der Waals surface area (Å²) in [5.41, 5.74) is 5.96. The molecule has 2 atom stereocenters. The highest BCUT2D eigenvalue weighted by molar-refractivity contribution is 5.69. The summed E-state index contributed by atoms with van der Waals surface area (Å²) in [5.74, 6) is 0. The van der Waals surface area contributed by atoms with E-state index < -0.39 is 0 Å². The smallest absolute Gasteiger partial charge is 0.410 e. The third kappa shape index (κ3) is 1.29. The van der Waals surface area contributed by atoms with Gasteiger partial charge in [-0.1, -0.05) is 13.8 Å². The first-order valence-corrected chi connectivity index (χ1v) is 5.22. The van der Waals surface area contributed by atoms with Gasteiger partial charge >= 0.3 is 6.09 Å². The van der Waals surface area contributed by atoms with Gasteiger partial charge in [-0.2, -0.15) is 0 Å². The highest BCUT2D eigenvalue weighted by Gasteiger charge is 2.50. The average molecular weight is 198 g/mol. The Morgan fingerprint density at radius 1 is 1.57 bits per heavy atom. The minimum Gasteiger partial charge on any atom is -0.449 e. The second-order valence-electron chi connectivity index (χ2n) is 4.84. The van der Waals surface area contributed by atoms with Crippen LogP contribution in [0.5, 0.6) is 0 Å². The number of nitrogens with zero attached hydrogens (tertiary/aromatic N) is 1. The molecule has 0 bridgehead atoms. The van der Waals surface area contributed by atoms with Gasteiger partial charge in [0.1, 0.15) is 0 Å². The van der Waals surface area contributed by atoms with Crippen molar-refractivity contribution in [1.29, 1.82) is 0 Å². The van der Waals surface area contributed by atoms with E-state index >= 15 is 0 Å². The van der Waals surface area contributed by atoms with Gasteiger partial charge in [-0.25, -0.2) is 4.79 Å². The quantitative estimate of drug-likeness (QED) is 0.682. The summed E-state index contributed by atoms with van der Waals surface area (Å²) in [7, 11) is 0. The standard InChI is InChI=1S/C10H18N2O2/c1-10(2)7(11)6-8(10)12-4-3-5-14-9(12)13/h7-8H,3-6,11H2,1-2H3. The normalized spacial score (nSPS) is 36.2. The largest absolute Gasteiger partial charge is 0.449 e. The highest BCUT2D eigenvalue weighted by Crippen LogP contribution is 2.43. The van der Waals surface area contributed by atoms with E-state index in [2.05, 4.69) is 13.8 Å². The molecule has 1 saturated heterocycles. The van der Waals surface area contributed by atoms with E-state index in [0.717, 1.165) is 19.4 Å². The number of nitrogens with two attached hydrogens (primary N) is 1. The van der Waals surface area contributed by atoms with Gasteiger partial charge in [-0.15, -0.1) is 0 Å². The molecule has 80 valence electrons. The van der Waals surface area contributed by atoms with Gasteiger partial charge in [0.05, 0.1) is 6.61 Å². The number of carbonyl (C=O) groups excluding carboxylic acids is 1. The lowest BCUT2D eigenvalue weighted by molar-refractivity contribution is -0.0370. The van der Waals surface area contributed by atoms with Crippen molar-refractivity contribution < 1.29 is 9.53 Å². The molecular formula is C10H18N2O2. The molecular weight excluding hydrogens is 180 g/mol. The van der Waals surface area contributed by atoms with E-state index in [4.69, 9.17) is 10.5 Å². The second kappa shape index (κ2) is 3.12. The lowest BCUT2D eigenvalue weighted by Gasteiger charge is -2.55. The van der Waals surface area contributed by atoms with E-state index in [9.17, 15) is 4.79 Å². The summed E-state index contributed by atoms with van der Waals surface area (Å²) in [6.07, 6.45) is 1.68. The van der Waals surface area contributed by atoms with Crippen molar-refractivity contribution in [3.63, 3.8) is 0 Å². The molecule has 2 unspecified atom stereocenters. The van der Waals surface area contributed by atoms with Crippen LogP contribution in [-0.4, -0.2) is 36.2 Å².